The molecule has 0 radical (unpaired) electrons. The molecule has 0 bridgehead atoms. The van der Waals surface area contributed by atoms with Crippen molar-refractivity contribution in [1.82, 2.24) is 10.6 Å². The third-order valence-electron chi connectivity index (χ3n) is 2.66. The number of ether oxygens (including phenoxy) is 1. The Bertz CT molecular complexity index is 586. The number of nitrogens with one attached hydrogen (secondary N) is 2. The summed E-state index contributed by atoms with van der Waals surface area (Å²) in [6.45, 7) is 5.59. The summed E-state index contributed by atoms with van der Waals surface area (Å²) in [5, 5.41) is 4.87. The summed E-state index contributed by atoms with van der Waals surface area (Å²) < 4.78 is 32.2. The minimum Gasteiger partial charge on any atom is -0.444 e. The van der Waals surface area contributed by atoms with Crippen molar-refractivity contribution in [3.05, 3.63) is 29.3 Å². The first-order chi connectivity index (χ1) is 10.6. The minimum atomic E-state index is -1.09. The van der Waals surface area contributed by atoms with Gasteiger partial charge in [-0.05, 0) is 39.3 Å². The fraction of sp³-hybridized carbons (Fsp3) is 0.467. The van der Waals surface area contributed by atoms with Crippen molar-refractivity contribution in [2.75, 3.05) is 18.8 Å². The standard InChI is InChI=1S/C15H21F2N3O3/c1-15(2,3)23-14(22)20-8-4-7-19-13(21)11-9(16)5-6-10(18)12(11)17/h5-6H,4,7-8,18H2,1-3H3,(H,19,21)(H,20,22). The molecule has 0 spiro atoms. The number of nitrogens with two attached hydrogens (primary N) is 1. The number of carbonyl (C=O) groups is 2. The molecule has 0 aliphatic rings. The topological polar surface area (TPSA) is 93.5 Å². The largest absolute Gasteiger partial charge is 0.444 e. The lowest BCUT2D eigenvalue weighted by molar-refractivity contribution is 0.0527. The summed E-state index contributed by atoms with van der Waals surface area (Å²) in [5.41, 5.74) is 3.69. The maximum Gasteiger partial charge on any atom is 0.407 e. The molecule has 1 rings (SSSR count). The summed E-state index contributed by atoms with van der Waals surface area (Å²) in [5.74, 6) is -2.97. The van der Waals surface area contributed by atoms with Crippen LogP contribution in [0.3, 0.4) is 0 Å². The van der Waals surface area contributed by atoms with Gasteiger partial charge in [0.25, 0.3) is 5.91 Å². The van der Waals surface area contributed by atoms with Crippen molar-refractivity contribution in [2.24, 2.45) is 0 Å². The lowest BCUT2D eigenvalue weighted by Gasteiger charge is -2.19. The number of alkyl carbamates (subject to hydrolysis) is 1. The Labute approximate surface area is 133 Å². The molecule has 23 heavy (non-hydrogen) atoms. The molecule has 0 saturated heterocycles. The van der Waals surface area contributed by atoms with Crippen LogP contribution in [0.2, 0.25) is 0 Å². The third kappa shape index (κ3) is 6.09. The van der Waals surface area contributed by atoms with Crippen molar-refractivity contribution in [2.45, 2.75) is 32.8 Å². The summed E-state index contributed by atoms with van der Waals surface area (Å²) in [6, 6.07) is 1.98. The molecular weight excluding hydrogens is 308 g/mol. The van der Waals surface area contributed by atoms with Gasteiger partial charge in [0.2, 0.25) is 0 Å². The maximum absolute atomic E-state index is 13.7. The fourth-order valence-electron chi connectivity index (χ4n) is 1.66. The van der Waals surface area contributed by atoms with Gasteiger partial charge in [0.15, 0.2) is 5.82 Å². The van der Waals surface area contributed by atoms with Crippen LogP contribution < -0.4 is 16.4 Å². The average Bonchev–Trinajstić information content (AvgIpc) is 2.41. The minimum absolute atomic E-state index is 0.127. The predicted octanol–water partition coefficient (Wildman–Crippen LogP) is 2.19. The third-order valence-corrected chi connectivity index (χ3v) is 2.66. The second-order valence-electron chi connectivity index (χ2n) is 5.86. The molecule has 0 aliphatic heterocycles. The summed E-state index contributed by atoms with van der Waals surface area (Å²) >= 11 is 0. The first kappa shape index (κ1) is 18.7. The van der Waals surface area contributed by atoms with E-state index in [0.717, 1.165) is 12.1 Å². The van der Waals surface area contributed by atoms with Gasteiger partial charge in [-0.1, -0.05) is 0 Å². The number of benzene rings is 1. The summed E-state index contributed by atoms with van der Waals surface area (Å²) in [7, 11) is 0. The normalized spacial score (nSPS) is 11.0. The lowest BCUT2D eigenvalue weighted by atomic mass is 10.1. The molecule has 8 heteroatoms. The second-order valence-corrected chi connectivity index (χ2v) is 5.86. The second kappa shape index (κ2) is 7.75. The van der Waals surface area contributed by atoms with Crippen molar-refractivity contribution in [3.8, 4) is 0 Å². The highest BCUT2D eigenvalue weighted by Gasteiger charge is 2.19. The van der Waals surface area contributed by atoms with E-state index in [1.54, 1.807) is 20.8 Å². The van der Waals surface area contributed by atoms with E-state index < -0.39 is 34.8 Å². The van der Waals surface area contributed by atoms with Gasteiger partial charge in [-0.2, -0.15) is 0 Å². The van der Waals surface area contributed by atoms with Crippen LogP contribution in [0.25, 0.3) is 0 Å². The maximum atomic E-state index is 13.7. The van der Waals surface area contributed by atoms with E-state index in [1.807, 2.05) is 0 Å². The zero-order valence-electron chi connectivity index (χ0n) is 13.3. The molecule has 4 N–H and O–H groups in total. The SMILES string of the molecule is CC(C)(C)OC(=O)NCCCNC(=O)c1c(F)ccc(N)c1F. The van der Waals surface area contributed by atoms with E-state index in [-0.39, 0.29) is 18.8 Å². The van der Waals surface area contributed by atoms with Gasteiger partial charge >= 0.3 is 6.09 Å². The van der Waals surface area contributed by atoms with Crippen LogP contribution in [0.4, 0.5) is 19.3 Å². The Morgan fingerprint density at radius 2 is 1.78 bits per heavy atom. The van der Waals surface area contributed by atoms with Crippen LogP contribution in [0.5, 0.6) is 0 Å². The highest BCUT2D eigenvalue weighted by molar-refractivity contribution is 5.95. The van der Waals surface area contributed by atoms with E-state index in [4.69, 9.17) is 10.5 Å². The van der Waals surface area contributed by atoms with Crippen molar-refractivity contribution in [3.63, 3.8) is 0 Å². The zero-order chi connectivity index (χ0) is 17.6. The Morgan fingerprint density at radius 3 is 2.39 bits per heavy atom. The molecule has 0 atom stereocenters. The van der Waals surface area contributed by atoms with E-state index in [2.05, 4.69) is 10.6 Å². The number of amides is 2. The van der Waals surface area contributed by atoms with E-state index in [9.17, 15) is 18.4 Å². The van der Waals surface area contributed by atoms with E-state index in [0.29, 0.717) is 6.42 Å². The quantitative estimate of drug-likeness (QED) is 0.570. The fourth-order valence-corrected chi connectivity index (χ4v) is 1.66. The van der Waals surface area contributed by atoms with Crippen molar-refractivity contribution >= 4 is 17.7 Å². The Hall–Kier alpha value is -2.38. The molecule has 0 aromatic heterocycles. The number of anilines is 1. The highest BCUT2D eigenvalue weighted by Crippen LogP contribution is 2.18. The van der Waals surface area contributed by atoms with Gasteiger partial charge in [0.05, 0.1) is 5.69 Å². The molecule has 2 amide bonds. The number of hydrogen-bond acceptors (Lipinski definition) is 4. The van der Waals surface area contributed by atoms with Crippen LogP contribution >= 0.6 is 0 Å². The number of halogens is 2. The van der Waals surface area contributed by atoms with Crippen LogP contribution in [-0.2, 0) is 4.74 Å². The van der Waals surface area contributed by atoms with Crippen molar-refractivity contribution in [1.29, 1.82) is 0 Å². The summed E-state index contributed by atoms with van der Waals surface area (Å²) in [4.78, 5) is 23.1. The van der Waals surface area contributed by atoms with Crippen LogP contribution in [-0.4, -0.2) is 30.7 Å². The molecule has 0 saturated carbocycles. The van der Waals surface area contributed by atoms with E-state index in [1.165, 1.54) is 0 Å². The smallest absolute Gasteiger partial charge is 0.407 e. The molecule has 0 unspecified atom stereocenters. The number of rotatable bonds is 5. The highest BCUT2D eigenvalue weighted by atomic mass is 19.1. The first-order valence-electron chi connectivity index (χ1n) is 7.10. The molecular formula is C15H21F2N3O3. The zero-order valence-corrected chi connectivity index (χ0v) is 13.3. The summed E-state index contributed by atoms with van der Waals surface area (Å²) in [6.07, 6.45) is -0.201. The van der Waals surface area contributed by atoms with Gasteiger partial charge in [-0.15, -0.1) is 0 Å². The Morgan fingerprint density at radius 1 is 1.17 bits per heavy atom. The molecule has 128 valence electrons. The Balaban J connectivity index is 2.39. The molecule has 1 aromatic rings. The van der Waals surface area contributed by atoms with Gasteiger partial charge in [0.1, 0.15) is 17.0 Å². The van der Waals surface area contributed by atoms with Crippen LogP contribution in [0.1, 0.15) is 37.6 Å². The van der Waals surface area contributed by atoms with Crippen molar-refractivity contribution < 1.29 is 23.1 Å². The van der Waals surface area contributed by atoms with Gasteiger partial charge < -0.3 is 21.1 Å². The van der Waals surface area contributed by atoms with Gasteiger partial charge in [-0.25, -0.2) is 13.6 Å². The van der Waals surface area contributed by atoms with Crippen LogP contribution in [0, 0.1) is 11.6 Å². The number of carbonyl (C=O) groups excluding carboxylic acids is 2. The molecule has 0 aliphatic carbocycles. The Kier molecular flexibility index (Phi) is 6.29. The lowest BCUT2D eigenvalue weighted by Crippen LogP contribution is -2.34. The van der Waals surface area contributed by atoms with E-state index >= 15 is 0 Å². The van der Waals surface area contributed by atoms with Crippen LogP contribution in [0.15, 0.2) is 12.1 Å². The first-order valence-corrected chi connectivity index (χ1v) is 7.10. The number of nitrogen functional groups attached to an aromatic ring is 1. The average molecular weight is 329 g/mol. The predicted molar refractivity (Wildman–Crippen MR) is 82.0 cm³/mol. The number of hydrogen-bond donors (Lipinski definition) is 3. The molecule has 0 fully saturated rings. The monoisotopic (exact) mass is 329 g/mol. The molecule has 1 aromatic carbocycles. The van der Waals surface area contributed by atoms with Gasteiger partial charge in [-0.3, -0.25) is 4.79 Å². The molecule has 0 heterocycles. The van der Waals surface area contributed by atoms with Gasteiger partial charge in [0, 0.05) is 13.1 Å². The molecule has 6 nitrogen and oxygen atoms in total.